The molecule has 2 aromatic rings. The fourth-order valence-corrected chi connectivity index (χ4v) is 3.92. The number of ether oxygens (including phenoxy) is 2. The molecule has 6 nitrogen and oxygen atoms in total. The van der Waals surface area contributed by atoms with Crippen molar-refractivity contribution in [2.24, 2.45) is 5.92 Å². The molecule has 2 aliphatic rings. The first kappa shape index (κ1) is 16.4. The molecule has 25 heavy (non-hydrogen) atoms. The third-order valence-electron chi connectivity index (χ3n) is 5.04. The minimum Gasteiger partial charge on any atom is -0.486 e. The summed E-state index contributed by atoms with van der Waals surface area (Å²) in [6.45, 7) is 9.36. The maximum atomic E-state index is 5.86. The fraction of sp³-hybridized carbons (Fsp3) is 0.579. The van der Waals surface area contributed by atoms with Crippen molar-refractivity contribution in [2.45, 2.75) is 39.8 Å². The molecule has 0 bridgehead atoms. The zero-order valence-corrected chi connectivity index (χ0v) is 15.1. The zero-order valence-electron chi connectivity index (χ0n) is 15.1. The Kier molecular flexibility index (Phi) is 4.61. The number of aromatic nitrogens is 3. The van der Waals surface area contributed by atoms with Crippen LogP contribution in [-0.2, 0) is 13.1 Å². The van der Waals surface area contributed by atoms with Crippen LogP contribution in [0.5, 0.6) is 11.5 Å². The zero-order chi connectivity index (χ0) is 17.2. The largest absolute Gasteiger partial charge is 0.486 e. The van der Waals surface area contributed by atoms with Crippen molar-refractivity contribution >= 4 is 0 Å². The van der Waals surface area contributed by atoms with Gasteiger partial charge in [0.1, 0.15) is 24.9 Å². The van der Waals surface area contributed by atoms with E-state index in [9.17, 15) is 0 Å². The number of fused-ring (bicyclic) bond motifs is 1. The number of hydrogen-bond donors (Lipinski definition) is 0. The van der Waals surface area contributed by atoms with Gasteiger partial charge in [-0.15, -0.1) is 0 Å². The van der Waals surface area contributed by atoms with Gasteiger partial charge in [0.15, 0.2) is 11.5 Å². The molecule has 0 amide bonds. The summed E-state index contributed by atoms with van der Waals surface area (Å²) in [4.78, 5) is 6.95. The van der Waals surface area contributed by atoms with Crippen molar-refractivity contribution in [2.75, 3.05) is 26.3 Å². The van der Waals surface area contributed by atoms with Crippen LogP contribution >= 0.6 is 0 Å². The number of rotatable bonds is 4. The van der Waals surface area contributed by atoms with Crippen molar-refractivity contribution in [1.82, 2.24) is 19.7 Å². The van der Waals surface area contributed by atoms with Crippen molar-refractivity contribution in [1.29, 1.82) is 0 Å². The second-order valence-corrected chi connectivity index (χ2v) is 7.07. The van der Waals surface area contributed by atoms with E-state index < -0.39 is 0 Å². The van der Waals surface area contributed by atoms with Crippen LogP contribution in [0.25, 0.3) is 0 Å². The first-order chi connectivity index (χ1) is 12.2. The van der Waals surface area contributed by atoms with Crippen LogP contribution < -0.4 is 9.47 Å². The second kappa shape index (κ2) is 7.04. The van der Waals surface area contributed by atoms with Gasteiger partial charge in [-0.2, -0.15) is 5.10 Å². The molecule has 0 radical (unpaired) electrons. The lowest BCUT2D eigenvalue weighted by Gasteiger charge is -2.33. The van der Waals surface area contributed by atoms with E-state index in [1.54, 1.807) is 0 Å². The summed E-state index contributed by atoms with van der Waals surface area (Å²) >= 11 is 0. The molecule has 1 aromatic carbocycles. The van der Waals surface area contributed by atoms with Crippen LogP contribution in [0.1, 0.15) is 30.1 Å². The van der Waals surface area contributed by atoms with Gasteiger partial charge in [-0.05, 0) is 45.2 Å². The number of benzene rings is 1. The molecule has 6 heteroatoms. The monoisotopic (exact) mass is 342 g/mol. The number of para-hydroxylation sites is 1. The summed E-state index contributed by atoms with van der Waals surface area (Å²) in [5, 5.41) is 4.52. The average Bonchev–Trinajstić information content (AvgIpc) is 2.93. The lowest BCUT2D eigenvalue weighted by atomic mass is 9.97. The third-order valence-corrected chi connectivity index (χ3v) is 5.04. The van der Waals surface area contributed by atoms with Crippen molar-refractivity contribution in [3.8, 4) is 11.5 Å². The third kappa shape index (κ3) is 3.63. The Morgan fingerprint density at radius 1 is 1.20 bits per heavy atom. The van der Waals surface area contributed by atoms with Gasteiger partial charge < -0.3 is 9.47 Å². The summed E-state index contributed by atoms with van der Waals surface area (Å²) in [5.41, 5.74) is 1.23. The molecule has 1 fully saturated rings. The van der Waals surface area contributed by atoms with Crippen molar-refractivity contribution < 1.29 is 9.47 Å². The molecular formula is C19H26N4O2. The minimum atomic E-state index is 0.616. The highest BCUT2D eigenvalue weighted by molar-refractivity contribution is 5.47. The molecule has 1 unspecified atom stereocenters. The molecule has 0 aliphatic carbocycles. The van der Waals surface area contributed by atoms with Gasteiger partial charge >= 0.3 is 0 Å². The van der Waals surface area contributed by atoms with Crippen molar-refractivity contribution in [3.05, 3.63) is 35.4 Å². The SMILES string of the molecule is Cc1nc(C)n(CC2CCCN(Cc3cccc4c3OCCO4)C2)n1. The molecule has 3 heterocycles. The lowest BCUT2D eigenvalue weighted by Crippen LogP contribution is -2.37. The summed E-state index contributed by atoms with van der Waals surface area (Å²) in [7, 11) is 0. The average molecular weight is 342 g/mol. The minimum absolute atomic E-state index is 0.616. The Balaban J connectivity index is 1.43. The van der Waals surface area contributed by atoms with Gasteiger partial charge in [-0.25, -0.2) is 9.67 Å². The fourth-order valence-electron chi connectivity index (χ4n) is 3.92. The van der Waals surface area contributed by atoms with Crippen LogP contribution in [0.15, 0.2) is 18.2 Å². The predicted octanol–water partition coefficient (Wildman–Crippen LogP) is 2.58. The quantitative estimate of drug-likeness (QED) is 0.855. The normalized spacial score (nSPS) is 20.6. The van der Waals surface area contributed by atoms with E-state index in [2.05, 4.69) is 31.8 Å². The molecule has 4 rings (SSSR count). The second-order valence-electron chi connectivity index (χ2n) is 7.07. The molecule has 1 atom stereocenters. The highest BCUT2D eigenvalue weighted by Gasteiger charge is 2.23. The molecule has 0 saturated carbocycles. The summed E-state index contributed by atoms with van der Waals surface area (Å²) < 4.78 is 13.6. The van der Waals surface area contributed by atoms with Gasteiger partial charge in [-0.1, -0.05) is 12.1 Å². The Morgan fingerprint density at radius 2 is 2.08 bits per heavy atom. The summed E-state index contributed by atoms with van der Waals surface area (Å²) in [6.07, 6.45) is 2.48. The van der Waals surface area contributed by atoms with Crippen LogP contribution in [0.3, 0.4) is 0 Å². The van der Waals surface area contributed by atoms with E-state index >= 15 is 0 Å². The van der Waals surface area contributed by atoms with E-state index in [0.717, 1.165) is 49.3 Å². The maximum absolute atomic E-state index is 5.86. The van der Waals surface area contributed by atoms with Crippen LogP contribution in [-0.4, -0.2) is 46.0 Å². The Hall–Kier alpha value is -2.08. The number of nitrogens with zero attached hydrogens (tertiary/aromatic N) is 4. The number of hydrogen-bond acceptors (Lipinski definition) is 5. The van der Waals surface area contributed by atoms with E-state index in [-0.39, 0.29) is 0 Å². The lowest BCUT2D eigenvalue weighted by molar-refractivity contribution is 0.143. The summed E-state index contributed by atoms with van der Waals surface area (Å²) in [6, 6.07) is 6.21. The maximum Gasteiger partial charge on any atom is 0.165 e. The highest BCUT2D eigenvalue weighted by Crippen LogP contribution is 2.35. The van der Waals surface area contributed by atoms with Crippen LogP contribution in [0.2, 0.25) is 0 Å². The predicted molar refractivity (Wildman–Crippen MR) is 94.9 cm³/mol. The number of aryl methyl sites for hydroxylation is 2. The molecule has 134 valence electrons. The van der Waals surface area contributed by atoms with E-state index in [1.165, 1.54) is 18.4 Å². The first-order valence-corrected chi connectivity index (χ1v) is 9.17. The first-order valence-electron chi connectivity index (χ1n) is 9.17. The highest BCUT2D eigenvalue weighted by atomic mass is 16.6. The molecule has 0 N–H and O–H groups in total. The van der Waals surface area contributed by atoms with Crippen molar-refractivity contribution in [3.63, 3.8) is 0 Å². The molecule has 0 spiro atoms. The Morgan fingerprint density at radius 3 is 2.92 bits per heavy atom. The molecule has 1 saturated heterocycles. The van der Waals surface area contributed by atoms with E-state index in [1.807, 2.05) is 19.9 Å². The Bertz CT molecular complexity index is 743. The van der Waals surface area contributed by atoms with Gasteiger partial charge in [0.2, 0.25) is 0 Å². The van der Waals surface area contributed by atoms with E-state index in [4.69, 9.17) is 9.47 Å². The standard InChI is InChI=1S/C19H26N4O2/c1-14-20-15(2)23(21-14)12-16-5-4-8-22(11-16)13-17-6-3-7-18-19(17)25-10-9-24-18/h3,6-7,16H,4-5,8-13H2,1-2H3. The van der Waals surface area contributed by atoms with E-state index in [0.29, 0.717) is 19.1 Å². The summed E-state index contributed by atoms with van der Waals surface area (Å²) in [5.74, 6) is 4.30. The van der Waals surface area contributed by atoms with Gasteiger partial charge in [0.05, 0.1) is 0 Å². The molecular weight excluding hydrogens is 316 g/mol. The molecule has 2 aliphatic heterocycles. The van der Waals surface area contributed by atoms with Gasteiger partial charge in [-0.3, -0.25) is 4.90 Å². The number of piperidine rings is 1. The number of likely N-dealkylation sites (tertiary alicyclic amines) is 1. The Labute approximate surface area is 148 Å². The smallest absolute Gasteiger partial charge is 0.165 e. The van der Waals surface area contributed by atoms with Crippen LogP contribution in [0, 0.1) is 19.8 Å². The molecule has 1 aromatic heterocycles. The van der Waals surface area contributed by atoms with Gasteiger partial charge in [0, 0.05) is 25.2 Å². The van der Waals surface area contributed by atoms with Gasteiger partial charge in [0.25, 0.3) is 0 Å². The van der Waals surface area contributed by atoms with Crippen LogP contribution in [0.4, 0.5) is 0 Å². The topological polar surface area (TPSA) is 52.4 Å².